The summed E-state index contributed by atoms with van der Waals surface area (Å²) in [6.45, 7) is 0. The van der Waals surface area contributed by atoms with E-state index in [4.69, 9.17) is 0 Å². The maximum Gasteiger partial charge on any atom is 0.253 e. The Hall–Kier alpha value is -2.05. The van der Waals surface area contributed by atoms with Crippen molar-refractivity contribution in [1.29, 1.82) is 0 Å². The summed E-state index contributed by atoms with van der Waals surface area (Å²) in [4.78, 5) is 11.7. The van der Waals surface area contributed by atoms with Crippen molar-refractivity contribution in [1.82, 2.24) is 0 Å². The van der Waals surface area contributed by atoms with Gasteiger partial charge in [-0.25, -0.2) is 0 Å². The lowest BCUT2D eigenvalue weighted by molar-refractivity contribution is 0.108. The second kappa shape index (κ2) is 4.32. The van der Waals surface area contributed by atoms with Crippen molar-refractivity contribution in [3.63, 3.8) is 0 Å². The highest BCUT2D eigenvalue weighted by Gasteiger charge is 2.11. The number of hydrogen-bond acceptors (Lipinski definition) is 2. The molecule has 0 aliphatic heterocycles. The summed E-state index contributed by atoms with van der Waals surface area (Å²) in [6, 6.07) is 17.4. The summed E-state index contributed by atoms with van der Waals surface area (Å²) in [7, 11) is -0.467. The topological polar surface area (TPSA) is 34.1 Å². The quantitative estimate of drug-likeness (QED) is 0.499. The summed E-state index contributed by atoms with van der Waals surface area (Å²) >= 11 is 0. The van der Waals surface area contributed by atoms with Crippen LogP contribution in [-0.2, 0) is 4.57 Å². The van der Waals surface area contributed by atoms with Crippen LogP contribution in [-0.4, -0.2) is 5.52 Å². The van der Waals surface area contributed by atoms with Gasteiger partial charge in [0.2, 0.25) is 8.46 Å². The van der Waals surface area contributed by atoms with E-state index in [0.29, 0.717) is 5.56 Å². The van der Waals surface area contributed by atoms with Crippen LogP contribution in [0.1, 0.15) is 10.4 Å². The van der Waals surface area contributed by atoms with Crippen LogP contribution in [0.5, 0.6) is 0 Å². The lowest BCUT2D eigenvalue weighted by Crippen LogP contribution is -1.91. The van der Waals surface area contributed by atoms with Gasteiger partial charge in [0.15, 0.2) is 0 Å². The fourth-order valence-corrected chi connectivity index (χ4v) is 2.57. The van der Waals surface area contributed by atoms with Gasteiger partial charge in [-0.3, -0.25) is 9.36 Å². The molecule has 3 aromatic carbocycles. The molecule has 3 aromatic rings. The zero-order chi connectivity index (χ0) is 12.5. The number of carbonyl (C=O) groups is 1. The van der Waals surface area contributed by atoms with Crippen LogP contribution in [0.25, 0.3) is 21.5 Å². The molecule has 0 fully saturated rings. The van der Waals surface area contributed by atoms with E-state index in [-0.39, 0.29) is 5.52 Å². The number of carbonyl (C=O) groups excluding carboxylic acids is 1. The van der Waals surface area contributed by atoms with E-state index < -0.39 is 8.46 Å². The molecule has 0 heterocycles. The zero-order valence-corrected chi connectivity index (χ0v) is 10.4. The fraction of sp³-hybridized carbons (Fsp3) is 0. The first-order chi connectivity index (χ1) is 8.81. The molecule has 3 heteroatoms. The highest BCUT2D eigenvalue weighted by Crippen LogP contribution is 2.29. The van der Waals surface area contributed by atoms with E-state index in [2.05, 4.69) is 0 Å². The first-order valence-corrected chi connectivity index (χ1v) is 6.40. The monoisotopic (exact) mass is 252 g/mol. The molecule has 0 amide bonds. The summed E-state index contributed by atoms with van der Waals surface area (Å²) in [6.07, 6.45) is 0. The number of fused-ring (bicyclic) bond motifs is 3. The average molecular weight is 252 g/mol. The number of benzene rings is 3. The van der Waals surface area contributed by atoms with Crippen LogP contribution in [0.15, 0.2) is 54.6 Å². The highest BCUT2D eigenvalue weighted by atomic mass is 31.1. The molecule has 0 saturated carbocycles. The summed E-state index contributed by atoms with van der Waals surface area (Å²) in [5.41, 5.74) is 0.137. The van der Waals surface area contributed by atoms with Gasteiger partial charge in [-0.1, -0.05) is 48.5 Å². The smallest absolute Gasteiger partial charge is 0.253 e. The van der Waals surface area contributed by atoms with Crippen molar-refractivity contribution in [3.05, 3.63) is 60.2 Å². The van der Waals surface area contributed by atoms with E-state index in [0.717, 1.165) is 21.5 Å². The van der Waals surface area contributed by atoms with Gasteiger partial charge in [0.25, 0.3) is 5.52 Å². The minimum atomic E-state index is -0.467. The molecule has 86 valence electrons. The van der Waals surface area contributed by atoms with Crippen LogP contribution >= 0.6 is 8.46 Å². The van der Waals surface area contributed by atoms with Crippen LogP contribution < -0.4 is 0 Å². The van der Waals surface area contributed by atoms with Crippen LogP contribution in [0.3, 0.4) is 0 Å². The Morgan fingerprint density at radius 3 is 2.39 bits per heavy atom. The Labute approximate surface area is 105 Å². The van der Waals surface area contributed by atoms with Crippen molar-refractivity contribution in [3.8, 4) is 0 Å². The van der Waals surface area contributed by atoms with Crippen molar-refractivity contribution < 1.29 is 9.36 Å². The minimum absolute atomic E-state index is 0.378. The Morgan fingerprint density at radius 1 is 0.833 bits per heavy atom. The van der Waals surface area contributed by atoms with E-state index >= 15 is 0 Å². The molecule has 3 rings (SSSR count). The SMILES string of the molecule is O=PC(=O)c1cccc2ccc3ccccc3c12. The second-order valence-electron chi connectivity index (χ2n) is 4.09. The van der Waals surface area contributed by atoms with Crippen LogP contribution in [0, 0.1) is 0 Å². The van der Waals surface area contributed by atoms with Gasteiger partial charge in [-0.05, 0) is 22.2 Å². The maximum absolute atomic E-state index is 11.7. The van der Waals surface area contributed by atoms with Crippen molar-refractivity contribution in [2.24, 2.45) is 0 Å². The average Bonchev–Trinajstić information content (AvgIpc) is 2.45. The summed E-state index contributed by atoms with van der Waals surface area (Å²) in [5.74, 6) is 0. The van der Waals surface area contributed by atoms with E-state index in [1.807, 2.05) is 48.5 Å². The molecule has 0 radical (unpaired) electrons. The Morgan fingerprint density at radius 2 is 1.56 bits per heavy atom. The molecule has 2 nitrogen and oxygen atoms in total. The molecular weight excluding hydrogens is 243 g/mol. The lowest BCUT2D eigenvalue weighted by Gasteiger charge is -2.06. The van der Waals surface area contributed by atoms with E-state index in [1.165, 1.54) is 0 Å². The Bertz CT molecular complexity index is 778. The van der Waals surface area contributed by atoms with E-state index in [1.54, 1.807) is 6.07 Å². The molecule has 0 unspecified atom stereocenters. The first kappa shape index (κ1) is 11.1. The fourth-order valence-electron chi connectivity index (χ4n) is 2.29. The molecule has 18 heavy (non-hydrogen) atoms. The largest absolute Gasteiger partial charge is 0.280 e. The Kier molecular flexibility index (Phi) is 2.66. The lowest BCUT2D eigenvalue weighted by atomic mass is 9.98. The minimum Gasteiger partial charge on any atom is -0.280 e. The van der Waals surface area contributed by atoms with Gasteiger partial charge in [0.05, 0.1) is 0 Å². The van der Waals surface area contributed by atoms with E-state index in [9.17, 15) is 9.36 Å². The van der Waals surface area contributed by atoms with Crippen LogP contribution in [0.4, 0.5) is 0 Å². The third-order valence-electron chi connectivity index (χ3n) is 3.08. The summed E-state index contributed by atoms with van der Waals surface area (Å²) < 4.78 is 10.8. The van der Waals surface area contributed by atoms with Crippen molar-refractivity contribution >= 4 is 35.5 Å². The van der Waals surface area contributed by atoms with Gasteiger partial charge < -0.3 is 0 Å². The van der Waals surface area contributed by atoms with Gasteiger partial charge in [-0.15, -0.1) is 0 Å². The summed E-state index contributed by atoms with van der Waals surface area (Å²) in [5, 5.41) is 3.96. The van der Waals surface area contributed by atoms with Crippen molar-refractivity contribution in [2.45, 2.75) is 0 Å². The molecule has 0 spiro atoms. The molecule has 0 aromatic heterocycles. The van der Waals surface area contributed by atoms with Crippen molar-refractivity contribution in [2.75, 3.05) is 0 Å². The van der Waals surface area contributed by atoms with Gasteiger partial charge in [0, 0.05) is 10.9 Å². The Balaban J connectivity index is 2.54. The maximum atomic E-state index is 11.7. The molecular formula is C15H9O2P. The van der Waals surface area contributed by atoms with Gasteiger partial charge in [-0.2, -0.15) is 0 Å². The number of rotatable bonds is 2. The second-order valence-corrected chi connectivity index (χ2v) is 4.68. The first-order valence-electron chi connectivity index (χ1n) is 5.59. The molecule has 0 aliphatic carbocycles. The van der Waals surface area contributed by atoms with Crippen LogP contribution in [0.2, 0.25) is 0 Å². The zero-order valence-electron chi connectivity index (χ0n) is 9.46. The predicted molar refractivity (Wildman–Crippen MR) is 73.4 cm³/mol. The molecule has 0 aliphatic rings. The molecule has 0 bridgehead atoms. The highest BCUT2D eigenvalue weighted by molar-refractivity contribution is 7.47. The molecule has 0 atom stereocenters. The number of hydrogen-bond donors (Lipinski definition) is 0. The normalized spacial score (nSPS) is 11.1. The third-order valence-corrected chi connectivity index (χ3v) is 3.49. The standard InChI is InChI=1S/C15H9O2P/c16-15(18-17)13-7-3-5-11-9-8-10-4-1-2-6-12(10)14(11)13/h1-9H. The van der Waals surface area contributed by atoms with Gasteiger partial charge >= 0.3 is 0 Å². The third kappa shape index (κ3) is 1.62. The van der Waals surface area contributed by atoms with Gasteiger partial charge in [0.1, 0.15) is 0 Å². The molecule has 0 saturated heterocycles. The predicted octanol–water partition coefficient (Wildman–Crippen LogP) is 4.42. The molecule has 0 N–H and O–H groups in total.